The number of anilines is 2. The molecule has 2 atom stereocenters. The number of nitrogens with zero attached hydrogens (tertiary/aromatic N) is 2. The summed E-state index contributed by atoms with van der Waals surface area (Å²) in [5, 5.41) is 8.20. The highest BCUT2D eigenvalue weighted by Gasteiger charge is 2.20. The first-order valence-corrected chi connectivity index (χ1v) is 7.60. The molecule has 2 rings (SSSR count). The van der Waals surface area contributed by atoms with Crippen LogP contribution in [0.15, 0.2) is 0 Å². The van der Waals surface area contributed by atoms with Crippen LogP contribution >= 0.6 is 0 Å². The number of nitrogens with one attached hydrogen (secondary N) is 1. The number of nitrogen functional groups attached to an aromatic ring is 1. The molecule has 1 aliphatic carbocycles. The van der Waals surface area contributed by atoms with Gasteiger partial charge in [-0.25, -0.2) is 4.68 Å². The number of aromatic nitrogens is 2. The molecule has 1 aliphatic rings. The van der Waals surface area contributed by atoms with Crippen LogP contribution in [0.25, 0.3) is 0 Å². The lowest BCUT2D eigenvalue weighted by atomic mass is 10.0. The summed E-state index contributed by atoms with van der Waals surface area (Å²) in [6.45, 7) is 8.63. The molecule has 1 aromatic rings. The Kier molecular flexibility index (Phi) is 4.38. The van der Waals surface area contributed by atoms with Crippen molar-refractivity contribution in [1.29, 1.82) is 0 Å². The van der Waals surface area contributed by atoms with Crippen LogP contribution in [0.3, 0.4) is 0 Å². The molecule has 0 saturated heterocycles. The summed E-state index contributed by atoms with van der Waals surface area (Å²) in [6.07, 6.45) is 6.46. The SMILES string of the molecule is Cc1nn(C(C)C)c(NC2CCCC(C)CC2)c1N. The molecule has 3 N–H and O–H groups in total. The highest BCUT2D eigenvalue weighted by Crippen LogP contribution is 2.30. The highest BCUT2D eigenvalue weighted by atomic mass is 15.4. The lowest BCUT2D eigenvalue weighted by molar-refractivity contribution is 0.499. The number of nitrogens with two attached hydrogens (primary N) is 1. The number of hydrogen-bond donors (Lipinski definition) is 2. The van der Waals surface area contributed by atoms with Gasteiger partial charge in [-0.05, 0) is 46.0 Å². The third-order valence-electron chi connectivity index (χ3n) is 4.22. The number of aryl methyl sites for hydroxylation is 1. The quantitative estimate of drug-likeness (QED) is 0.818. The normalized spacial score (nSPS) is 24.5. The monoisotopic (exact) mass is 264 g/mol. The molecule has 1 fully saturated rings. The summed E-state index contributed by atoms with van der Waals surface area (Å²) >= 11 is 0. The third-order valence-corrected chi connectivity index (χ3v) is 4.22. The molecule has 0 radical (unpaired) electrons. The van der Waals surface area contributed by atoms with Gasteiger partial charge < -0.3 is 11.1 Å². The fourth-order valence-electron chi connectivity index (χ4n) is 2.90. The molecular formula is C15H28N4. The Hall–Kier alpha value is -1.19. The number of hydrogen-bond acceptors (Lipinski definition) is 3. The second kappa shape index (κ2) is 5.85. The Morgan fingerprint density at radius 1 is 1.26 bits per heavy atom. The van der Waals surface area contributed by atoms with Gasteiger partial charge in [-0.2, -0.15) is 5.10 Å². The predicted octanol–water partition coefficient (Wildman–Crippen LogP) is 3.74. The Bertz CT molecular complexity index is 422. The van der Waals surface area contributed by atoms with Crippen LogP contribution in [0.1, 0.15) is 64.6 Å². The van der Waals surface area contributed by atoms with E-state index in [2.05, 4.69) is 31.2 Å². The van der Waals surface area contributed by atoms with E-state index >= 15 is 0 Å². The van der Waals surface area contributed by atoms with E-state index in [1.807, 2.05) is 11.6 Å². The molecule has 4 heteroatoms. The van der Waals surface area contributed by atoms with E-state index in [1.54, 1.807) is 0 Å². The molecule has 0 aliphatic heterocycles. The second-order valence-electron chi connectivity index (χ2n) is 6.34. The smallest absolute Gasteiger partial charge is 0.148 e. The summed E-state index contributed by atoms with van der Waals surface area (Å²) in [5.74, 6) is 1.88. The zero-order chi connectivity index (χ0) is 14.0. The fraction of sp³-hybridized carbons (Fsp3) is 0.800. The summed E-state index contributed by atoms with van der Waals surface area (Å²) < 4.78 is 2.03. The van der Waals surface area contributed by atoms with Crippen LogP contribution in [-0.2, 0) is 0 Å². The van der Waals surface area contributed by atoms with Gasteiger partial charge in [-0.1, -0.05) is 19.8 Å². The summed E-state index contributed by atoms with van der Waals surface area (Å²) in [6, 6.07) is 0.879. The highest BCUT2D eigenvalue weighted by molar-refractivity contribution is 5.65. The van der Waals surface area contributed by atoms with Gasteiger partial charge in [0.25, 0.3) is 0 Å². The lowest BCUT2D eigenvalue weighted by Gasteiger charge is -2.20. The van der Waals surface area contributed by atoms with Gasteiger partial charge in [-0.15, -0.1) is 0 Å². The minimum absolute atomic E-state index is 0.336. The molecule has 0 bridgehead atoms. The summed E-state index contributed by atoms with van der Waals surface area (Å²) in [7, 11) is 0. The maximum absolute atomic E-state index is 6.18. The molecule has 1 aromatic heterocycles. The van der Waals surface area contributed by atoms with Gasteiger partial charge >= 0.3 is 0 Å². The van der Waals surface area contributed by atoms with Crippen molar-refractivity contribution in [3.8, 4) is 0 Å². The van der Waals surface area contributed by atoms with Crippen LogP contribution in [0, 0.1) is 12.8 Å². The molecule has 1 saturated carbocycles. The Morgan fingerprint density at radius 3 is 2.68 bits per heavy atom. The van der Waals surface area contributed by atoms with E-state index in [-0.39, 0.29) is 0 Å². The molecule has 0 amide bonds. The van der Waals surface area contributed by atoms with E-state index in [1.165, 1.54) is 32.1 Å². The van der Waals surface area contributed by atoms with E-state index in [0.29, 0.717) is 12.1 Å². The van der Waals surface area contributed by atoms with Crippen molar-refractivity contribution in [2.45, 2.75) is 71.9 Å². The molecule has 0 spiro atoms. The number of rotatable bonds is 3. The lowest BCUT2D eigenvalue weighted by Crippen LogP contribution is -2.22. The first-order chi connectivity index (χ1) is 8.99. The largest absolute Gasteiger partial charge is 0.394 e. The van der Waals surface area contributed by atoms with Gasteiger partial charge in [0, 0.05) is 12.1 Å². The zero-order valence-corrected chi connectivity index (χ0v) is 12.7. The molecule has 19 heavy (non-hydrogen) atoms. The Balaban J connectivity index is 2.13. The molecule has 1 heterocycles. The van der Waals surface area contributed by atoms with Crippen molar-refractivity contribution in [2.24, 2.45) is 5.92 Å². The molecule has 0 aromatic carbocycles. The third kappa shape index (κ3) is 3.23. The molecule has 108 valence electrons. The zero-order valence-electron chi connectivity index (χ0n) is 12.7. The summed E-state index contributed by atoms with van der Waals surface area (Å²) in [4.78, 5) is 0. The molecule has 4 nitrogen and oxygen atoms in total. The molecule has 2 unspecified atom stereocenters. The standard InChI is InChI=1S/C15H28N4/c1-10(2)19-15(14(16)12(4)18-19)17-13-7-5-6-11(3)8-9-13/h10-11,13,17H,5-9,16H2,1-4H3. The van der Waals surface area contributed by atoms with Crippen molar-refractivity contribution in [3.63, 3.8) is 0 Å². The predicted molar refractivity (Wildman–Crippen MR) is 81.4 cm³/mol. The maximum Gasteiger partial charge on any atom is 0.148 e. The van der Waals surface area contributed by atoms with E-state index < -0.39 is 0 Å². The Morgan fingerprint density at radius 2 is 2.00 bits per heavy atom. The van der Waals surface area contributed by atoms with Crippen LogP contribution in [0.4, 0.5) is 11.5 Å². The molecular weight excluding hydrogens is 236 g/mol. The van der Waals surface area contributed by atoms with Crippen LogP contribution in [0.5, 0.6) is 0 Å². The van der Waals surface area contributed by atoms with E-state index in [9.17, 15) is 0 Å². The van der Waals surface area contributed by atoms with Crippen molar-refractivity contribution in [3.05, 3.63) is 5.69 Å². The second-order valence-corrected chi connectivity index (χ2v) is 6.34. The average Bonchev–Trinajstić information content (AvgIpc) is 2.53. The van der Waals surface area contributed by atoms with Gasteiger partial charge in [0.15, 0.2) is 0 Å². The van der Waals surface area contributed by atoms with Gasteiger partial charge in [0.05, 0.1) is 11.4 Å². The first kappa shape index (κ1) is 14.2. The van der Waals surface area contributed by atoms with E-state index in [4.69, 9.17) is 5.73 Å². The maximum atomic E-state index is 6.18. The van der Waals surface area contributed by atoms with Crippen molar-refractivity contribution >= 4 is 11.5 Å². The topological polar surface area (TPSA) is 55.9 Å². The van der Waals surface area contributed by atoms with Gasteiger partial charge in [0.1, 0.15) is 5.82 Å². The Labute approximate surface area is 116 Å². The van der Waals surface area contributed by atoms with Gasteiger partial charge in [-0.3, -0.25) is 0 Å². The summed E-state index contributed by atoms with van der Waals surface area (Å²) in [5.41, 5.74) is 7.92. The van der Waals surface area contributed by atoms with Crippen LogP contribution in [-0.4, -0.2) is 15.8 Å². The fourth-order valence-corrected chi connectivity index (χ4v) is 2.90. The van der Waals surface area contributed by atoms with Gasteiger partial charge in [0.2, 0.25) is 0 Å². The van der Waals surface area contributed by atoms with Crippen molar-refractivity contribution in [2.75, 3.05) is 11.1 Å². The average molecular weight is 264 g/mol. The van der Waals surface area contributed by atoms with Crippen LogP contribution in [0.2, 0.25) is 0 Å². The van der Waals surface area contributed by atoms with Crippen LogP contribution < -0.4 is 11.1 Å². The van der Waals surface area contributed by atoms with Crippen molar-refractivity contribution < 1.29 is 0 Å². The van der Waals surface area contributed by atoms with Crippen molar-refractivity contribution in [1.82, 2.24) is 9.78 Å². The minimum atomic E-state index is 0.336. The van der Waals surface area contributed by atoms with E-state index in [0.717, 1.165) is 23.1 Å². The minimum Gasteiger partial charge on any atom is -0.394 e. The first-order valence-electron chi connectivity index (χ1n) is 7.60.